The number of hydrogen-bond donors (Lipinski definition) is 2. The van der Waals surface area contributed by atoms with Crippen LogP contribution in [-0.2, 0) is 19.5 Å². The van der Waals surface area contributed by atoms with E-state index in [9.17, 15) is 4.79 Å². The third-order valence-electron chi connectivity index (χ3n) is 4.34. The molecule has 24 heavy (non-hydrogen) atoms. The van der Waals surface area contributed by atoms with Gasteiger partial charge >= 0.3 is 6.03 Å². The third kappa shape index (κ3) is 4.58. The average Bonchev–Trinajstić information content (AvgIpc) is 3.07. The third-order valence-corrected chi connectivity index (χ3v) is 4.34. The first-order chi connectivity index (χ1) is 11.7. The average molecular weight is 327 g/mol. The van der Waals surface area contributed by atoms with Gasteiger partial charge in [-0.2, -0.15) is 0 Å². The van der Waals surface area contributed by atoms with Crippen molar-refractivity contribution in [1.82, 2.24) is 25.1 Å². The van der Waals surface area contributed by atoms with Crippen LogP contribution in [0, 0.1) is 0 Å². The number of carbonyl (C=O) groups excluding carboxylic acids is 1. The van der Waals surface area contributed by atoms with E-state index in [4.69, 9.17) is 0 Å². The van der Waals surface area contributed by atoms with Gasteiger partial charge in [-0.3, -0.25) is 4.90 Å². The minimum absolute atomic E-state index is 0.0565. The molecule has 0 radical (unpaired) electrons. The predicted molar refractivity (Wildman–Crippen MR) is 93.6 cm³/mol. The number of benzene rings is 1. The fraction of sp³-hybridized carbons (Fsp3) is 0.444. The molecule has 6 heteroatoms. The molecule has 0 saturated heterocycles. The quantitative estimate of drug-likeness (QED) is 0.848. The lowest BCUT2D eigenvalue weighted by Gasteiger charge is -2.28. The first kappa shape index (κ1) is 16.5. The van der Waals surface area contributed by atoms with E-state index in [0.29, 0.717) is 6.54 Å². The number of fused-ring (bicyclic) bond motifs is 1. The highest BCUT2D eigenvalue weighted by atomic mass is 16.2. The van der Waals surface area contributed by atoms with Crippen molar-refractivity contribution in [2.45, 2.75) is 32.5 Å². The Kier molecular flexibility index (Phi) is 5.48. The molecule has 2 amide bonds. The Morgan fingerprint density at radius 2 is 2.17 bits per heavy atom. The minimum atomic E-state index is -0.111. The molecule has 1 aromatic heterocycles. The van der Waals surface area contributed by atoms with E-state index in [0.717, 1.165) is 32.6 Å². The zero-order valence-corrected chi connectivity index (χ0v) is 14.1. The summed E-state index contributed by atoms with van der Waals surface area (Å²) in [6.07, 6.45) is 6.47. The fourth-order valence-electron chi connectivity index (χ4n) is 3.10. The van der Waals surface area contributed by atoms with Gasteiger partial charge in [0.2, 0.25) is 0 Å². The molecule has 128 valence electrons. The van der Waals surface area contributed by atoms with E-state index in [1.807, 2.05) is 17.7 Å². The highest BCUT2D eigenvalue weighted by molar-refractivity contribution is 5.74. The number of hydrogen-bond acceptors (Lipinski definition) is 3. The molecule has 0 fully saturated rings. The smallest absolute Gasteiger partial charge is 0.315 e. The summed E-state index contributed by atoms with van der Waals surface area (Å²) in [5.41, 5.74) is 2.86. The van der Waals surface area contributed by atoms with E-state index < -0.39 is 0 Å². The van der Waals surface area contributed by atoms with Crippen LogP contribution in [0.1, 0.15) is 18.1 Å². The summed E-state index contributed by atoms with van der Waals surface area (Å²) in [5.74, 6) is 0. The molecule has 0 aliphatic carbocycles. The standard InChI is InChI=1S/C18H25N5O/c1-15(12-23-10-7-19-14-23)21-18(24)20-8-11-22-9-6-16-4-2-3-5-17(16)13-22/h2-5,7,10,14-15H,6,8-9,11-13H2,1H3,(H2,20,21,24)/t15-/m0/s1. The maximum absolute atomic E-state index is 12.0. The predicted octanol–water partition coefficient (Wildman–Crippen LogP) is 1.63. The first-order valence-corrected chi connectivity index (χ1v) is 8.50. The van der Waals surface area contributed by atoms with Crippen LogP contribution >= 0.6 is 0 Å². The van der Waals surface area contributed by atoms with Gasteiger partial charge in [-0.05, 0) is 24.5 Å². The van der Waals surface area contributed by atoms with Crippen LogP contribution in [0.15, 0.2) is 43.0 Å². The Balaban J connectivity index is 1.35. The topological polar surface area (TPSA) is 62.2 Å². The lowest BCUT2D eigenvalue weighted by Crippen LogP contribution is -2.45. The maximum Gasteiger partial charge on any atom is 0.315 e. The normalized spacial score (nSPS) is 15.5. The number of urea groups is 1. The molecule has 1 aromatic carbocycles. The van der Waals surface area contributed by atoms with Crippen molar-refractivity contribution in [2.24, 2.45) is 0 Å². The van der Waals surface area contributed by atoms with Crippen LogP contribution < -0.4 is 10.6 Å². The monoisotopic (exact) mass is 327 g/mol. The lowest BCUT2D eigenvalue weighted by atomic mass is 10.00. The van der Waals surface area contributed by atoms with Crippen molar-refractivity contribution >= 4 is 6.03 Å². The summed E-state index contributed by atoms with van der Waals surface area (Å²) in [6, 6.07) is 8.54. The number of rotatable bonds is 6. The van der Waals surface area contributed by atoms with Crippen LogP contribution in [0.2, 0.25) is 0 Å². The molecule has 2 N–H and O–H groups in total. The largest absolute Gasteiger partial charge is 0.337 e. The number of nitrogens with zero attached hydrogens (tertiary/aromatic N) is 3. The van der Waals surface area contributed by atoms with Crippen LogP contribution in [0.25, 0.3) is 0 Å². The Morgan fingerprint density at radius 3 is 2.96 bits per heavy atom. The molecule has 0 unspecified atom stereocenters. The van der Waals surface area contributed by atoms with E-state index >= 15 is 0 Å². The molecule has 2 aromatic rings. The number of nitrogens with one attached hydrogen (secondary N) is 2. The van der Waals surface area contributed by atoms with Crippen LogP contribution in [0.4, 0.5) is 4.79 Å². The van der Waals surface area contributed by atoms with Crippen LogP contribution in [0.5, 0.6) is 0 Å². The SMILES string of the molecule is C[C@@H](Cn1ccnc1)NC(=O)NCCN1CCc2ccccc2C1. The summed E-state index contributed by atoms with van der Waals surface area (Å²) in [6.45, 7) is 6.26. The summed E-state index contributed by atoms with van der Waals surface area (Å²) in [4.78, 5) is 18.3. The zero-order valence-electron chi connectivity index (χ0n) is 14.1. The van der Waals surface area contributed by atoms with Gasteiger partial charge in [-0.1, -0.05) is 24.3 Å². The van der Waals surface area contributed by atoms with Crippen molar-refractivity contribution in [3.8, 4) is 0 Å². The molecule has 0 spiro atoms. The molecular formula is C18H25N5O. The minimum Gasteiger partial charge on any atom is -0.337 e. The fourth-order valence-corrected chi connectivity index (χ4v) is 3.10. The van der Waals surface area contributed by atoms with E-state index in [2.05, 4.69) is 44.8 Å². The summed E-state index contributed by atoms with van der Waals surface area (Å²) >= 11 is 0. The first-order valence-electron chi connectivity index (χ1n) is 8.50. The zero-order chi connectivity index (χ0) is 16.8. The molecule has 3 rings (SSSR count). The molecular weight excluding hydrogens is 302 g/mol. The van der Waals surface area contributed by atoms with Crippen LogP contribution in [-0.4, -0.2) is 46.2 Å². The molecule has 0 saturated carbocycles. The maximum atomic E-state index is 12.0. The van der Waals surface area contributed by atoms with Crippen molar-refractivity contribution < 1.29 is 4.79 Å². The Bertz CT molecular complexity index is 655. The van der Waals surface area contributed by atoms with Gasteiger partial charge in [0.15, 0.2) is 0 Å². The molecule has 6 nitrogen and oxygen atoms in total. The molecule has 1 aliphatic heterocycles. The number of aromatic nitrogens is 2. The van der Waals surface area contributed by atoms with Crippen molar-refractivity contribution in [2.75, 3.05) is 19.6 Å². The number of carbonyl (C=O) groups is 1. The summed E-state index contributed by atoms with van der Waals surface area (Å²) < 4.78 is 1.95. The lowest BCUT2D eigenvalue weighted by molar-refractivity contribution is 0.227. The Labute approximate surface area is 142 Å². The highest BCUT2D eigenvalue weighted by Crippen LogP contribution is 2.17. The second kappa shape index (κ2) is 7.97. The van der Waals surface area contributed by atoms with Gasteiger partial charge in [0.1, 0.15) is 0 Å². The van der Waals surface area contributed by atoms with E-state index in [1.165, 1.54) is 11.1 Å². The second-order valence-corrected chi connectivity index (χ2v) is 6.36. The Morgan fingerprint density at radius 1 is 1.33 bits per heavy atom. The Hall–Kier alpha value is -2.34. The van der Waals surface area contributed by atoms with Gasteiger partial charge in [-0.25, -0.2) is 9.78 Å². The van der Waals surface area contributed by atoms with Gasteiger partial charge in [-0.15, -0.1) is 0 Å². The van der Waals surface area contributed by atoms with Crippen molar-refractivity contribution in [3.63, 3.8) is 0 Å². The summed E-state index contributed by atoms with van der Waals surface area (Å²) in [5, 5.41) is 5.90. The van der Waals surface area contributed by atoms with Crippen molar-refractivity contribution in [3.05, 3.63) is 54.1 Å². The summed E-state index contributed by atoms with van der Waals surface area (Å²) in [7, 11) is 0. The molecule has 1 aliphatic rings. The van der Waals surface area contributed by atoms with Gasteiger partial charge < -0.3 is 15.2 Å². The molecule has 0 bridgehead atoms. The molecule has 1 atom stereocenters. The second-order valence-electron chi connectivity index (χ2n) is 6.36. The van der Waals surface area contributed by atoms with Gasteiger partial charge in [0.05, 0.1) is 6.33 Å². The number of imidazole rings is 1. The van der Waals surface area contributed by atoms with Crippen LogP contribution in [0.3, 0.4) is 0 Å². The highest BCUT2D eigenvalue weighted by Gasteiger charge is 2.15. The van der Waals surface area contributed by atoms with E-state index in [-0.39, 0.29) is 12.1 Å². The van der Waals surface area contributed by atoms with Crippen molar-refractivity contribution in [1.29, 1.82) is 0 Å². The molecule has 2 heterocycles. The number of amides is 2. The van der Waals surface area contributed by atoms with Gasteiger partial charge in [0.25, 0.3) is 0 Å². The van der Waals surface area contributed by atoms with E-state index in [1.54, 1.807) is 12.5 Å². The van der Waals surface area contributed by atoms with Gasteiger partial charge in [0, 0.05) is 51.2 Å².